The minimum atomic E-state index is -0.267. The van der Waals surface area contributed by atoms with E-state index < -0.39 is 0 Å². The third-order valence-electron chi connectivity index (χ3n) is 6.34. The lowest BCUT2D eigenvalue weighted by molar-refractivity contribution is 0.0908. The Hall–Kier alpha value is -2.89. The normalized spacial score (nSPS) is 20.1. The molecule has 30 heavy (non-hydrogen) atoms. The second-order valence-electron chi connectivity index (χ2n) is 8.16. The molecule has 156 valence electrons. The van der Waals surface area contributed by atoms with Crippen LogP contribution in [0.1, 0.15) is 66.7 Å². The van der Waals surface area contributed by atoms with Gasteiger partial charge in [-0.3, -0.25) is 9.78 Å². The minimum absolute atomic E-state index is 0.112. The SMILES string of the molecule is CC[C@@H](NC(=O)c1cnc(C)nc1)[C@H]1CC[C@@H](c2ccnc3c(F)cccc32)CC1. The van der Waals surface area contributed by atoms with Gasteiger partial charge >= 0.3 is 0 Å². The van der Waals surface area contributed by atoms with E-state index in [0.717, 1.165) is 37.5 Å². The molecule has 3 aromatic rings. The van der Waals surface area contributed by atoms with E-state index in [1.165, 1.54) is 11.6 Å². The van der Waals surface area contributed by atoms with E-state index in [1.54, 1.807) is 31.6 Å². The number of pyridine rings is 1. The smallest absolute Gasteiger partial charge is 0.254 e. The number of carbonyl (C=O) groups excluding carboxylic acids is 1. The monoisotopic (exact) mass is 406 g/mol. The lowest BCUT2D eigenvalue weighted by Crippen LogP contribution is -2.41. The first-order chi connectivity index (χ1) is 14.6. The molecule has 5 nitrogen and oxygen atoms in total. The van der Waals surface area contributed by atoms with E-state index >= 15 is 0 Å². The predicted octanol–water partition coefficient (Wildman–Crippen LogP) is 4.95. The molecule has 0 unspecified atom stereocenters. The maximum atomic E-state index is 14.1. The van der Waals surface area contributed by atoms with Gasteiger partial charge in [0.15, 0.2) is 0 Å². The molecule has 0 bridgehead atoms. The first-order valence-electron chi connectivity index (χ1n) is 10.7. The number of halogens is 1. The highest BCUT2D eigenvalue weighted by molar-refractivity contribution is 5.93. The Morgan fingerprint density at radius 2 is 1.87 bits per heavy atom. The summed E-state index contributed by atoms with van der Waals surface area (Å²) in [4.78, 5) is 25.1. The number of amides is 1. The van der Waals surface area contributed by atoms with Crippen LogP contribution in [0.3, 0.4) is 0 Å². The number of fused-ring (bicyclic) bond motifs is 1. The van der Waals surface area contributed by atoms with Crippen molar-refractivity contribution in [1.82, 2.24) is 20.3 Å². The molecule has 1 atom stereocenters. The van der Waals surface area contributed by atoms with Gasteiger partial charge in [0.1, 0.15) is 17.2 Å². The molecule has 1 saturated carbocycles. The van der Waals surface area contributed by atoms with E-state index in [-0.39, 0.29) is 17.8 Å². The number of hydrogen-bond donors (Lipinski definition) is 1. The molecule has 2 heterocycles. The number of carbonyl (C=O) groups is 1. The van der Waals surface area contributed by atoms with E-state index in [4.69, 9.17) is 0 Å². The highest BCUT2D eigenvalue weighted by atomic mass is 19.1. The number of nitrogens with one attached hydrogen (secondary N) is 1. The van der Waals surface area contributed by atoms with E-state index in [9.17, 15) is 9.18 Å². The van der Waals surface area contributed by atoms with Crippen LogP contribution >= 0.6 is 0 Å². The second kappa shape index (κ2) is 8.86. The standard InChI is InChI=1S/C24H27FN4O/c1-3-22(29-24(30)18-13-27-15(2)28-14-18)17-9-7-16(8-10-17)19-11-12-26-23-20(19)5-4-6-21(23)25/h4-6,11-14,16-17,22H,3,7-10H2,1-2H3,(H,29,30)/t16-,17+,22-/m1/s1. The maximum absolute atomic E-state index is 14.1. The van der Waals surface area contributed by atoms with Crippen molar-refractivity contribution in [1.29, 1.82) is 0 Å². The topological polar surface area (TPSA) is 67.8 Å². The summed E-state index contributed by atoms with van der Waals surface area (Å²) < 4.78 is 14.1. The molecule has 0 saturated heterocycles. The van der Waals surface area contributed by atoms with Crippen LogP contribution in [0.15, 0.2) is 42.9 Å². The molecule has 0 radical (unpaired) electrons. The molecule has 6 heteroatoms. The van der Waals surface area contributed by atoms with Gasteiger partial charge in [-0.2, -0.15) is 0 Å². The van der Waals surface area contributed by atoms with Gasteiger partial charge in [-0.15, -0.1) is 0 Å². The third kappa shape index (κ3) is 4.18. The fourth-order valence-corrected chi connectivity index (χ4v) is 4.66. The summed E-state index contributed by atoms with van der Waals surface area (Å²) in [5.41, 5.74) is 2.14. The number of hydrogen-bond acceptors (Lipinski definition) is 4. The molecule has 2 aromatic heterocycles. The highest BCUT2D eigenvalue weighted by Crippen LogP contribution is 2.40. The zero-order chi connectivity index (χ0) is 21.1. The Bertz CT molecular complexity index is 1030. The van der Waals surface area contributed by atoms with Crippen molar-refractivity contribution in [2.24, 2.45) is 5.92 Å². The molecular formula is C24H27FN4O. The summed E-state index contributed by atoms with van der Waals surface area (Å²) in [7, 11) is 0. The van der Waals surface area contributed by atoms with Gasteiger partial charge in [0.2, 0.25) is 0 Å². The number of benzene rings is 1. The summed E-state index contributed by atoms with van der Waals surface area (Å²) in [6.07, 6.45) is 9.88. The Kier molecular flexibility index (Phi) is 6.02. The van der Waals surface area contributed by atoms with E-state index in [1.807, 2.05) is 12.1 Å². The lowest BCUT2D eigenvalue weighted by atomic mass is 9.75. The summed E-state index contributed by atoms with van der Waals surface area (Å²) in [6.45, 7) is 3.91. The molecule has 1 N–H and O–H groups in total. The maximum Gasteiger partial charge on any atom is 0.254 e. The average molecular weight is 407 g/mol. The molecule has 0 aliphatic heterocycles. The number of rotatable bonds is 5. The Morgan fingerprint density at radius 1 is 1.13 bits per heavy atom. The van der Waals surface area contributed by atoms with Crippen molar-refractivity contribution >= 4 is 16.8 Å². The first kappa shape index (κ1) is 20.4. The second-order valence-corrected chi connectivity index (χ2v) is 8.16. The Morgan fingerprint density at radius 3 is 2.57 bits per heavy atom. The van der Waals surface area contributed by atoms with Crippen LogP contribution < -0.4 is 5.32 Å². The van der Waals surface area contributed by atoms with Crippen LogP contribution in [0.2, 0.25) is 0 Å². The van der Waals surface area contributed by atoms with Gasteiger partial charge in [0.25, 0.3) is 5.91 Å². The summed E-state index contributed by atoms with van der Waals surface area (Å²) in [5, 5.41) is 4.10. The Balaban J connectivity index is 1.43. The Labute approximate surface area is 176 Å². The zero-order valence-corrected chi connectivity index (χ0v) is 17.4. The molecule has 1 aromatic carbocycles. The summed E-state index contributed by atoms with van der Waals surface area (Å²) in [6, 6.07) is 7.34. The molecule has 1 fully saturated rings. The van der Waals surface area contributed by atoms with Crippen LogP contribution in [0.5, 0.6) is 0 Å². The van der Waals surface area contributed by atoms with Crippen LogP contribution in [0, 0.1) is 18.7 Å². The van der Waals surface area contributed by atoms with Gasteiger partial charge in [0, 0.05) is 30.0 Å². The van der Waals surface area contributed by atoms with Crippen molar-refractivity contribution in [3.8, 4) is 0 Å². The third-order valence-corrected chi connectivity index (χ3v) is 6.34. The number of aromatic nitrogens is 3. The molecule has 1 aliphatic carbocycles. The van der Waals surface area contributed by atoms with Crippen molar-refractivity contribution in [3.05, 3.63) is 65.6 Å². The van der Waals surface area contributed by atoms with Gasteiger partial charge in [-0.25, -0.2) is 14.4 Å². The fraction of sp³-hybridized carbons (Fsp3) is 0.417. The van der Waals surface area contributed by atoms with Crippen LogP contribution in [-0.4, -0.2) is 26.9 Å². The predicted molar refractivity (Wildman–Crippen MR) is 115 cm³/mol. The average Bonchev–Trinajstić information content (AvgIpc) is 2.78. The molecule has 0 spiro atoms. The van der Waals surface area contributed by atoms with Gasteiger partial charge < -0.3 is 5.32 Å². The van der Waals surface area contributed by atoms with Gasteiger partial charge in [-0.05, 0) is 68.6 Å². The highest BCUT2D eigenvalue weighted by Gasteiger charge is 2.29. The molecule has 1 aliphatic rings. The fourth-order valence-electron chi connectivity index (χ4n) is 4.66. The van der Waals surface area contributed by atoms with Crippen molar-refractivity contribution in [2.45, 2.75) is 57.9 Å². The van der Waals surface area contributed by atoms with E-state index in [2.05, 4.69) is 27.2 Å². The first-order valence-corrected chi connectivity index (χ1v) is 10.7. The van der Waals surface area contributed by atoms with Crippen LogP contribution in [0.4, 0.5) is 4.39 Å². The largest absolute Gasteiger partial charge is 0.349 e. The van der Waals surface area contributed by atoms with Crippen LogP contribution in [0.25, 0.3) is 10.9 Å². The number of nitrogens with zero attached hydrogens (tertiary/aromatic N) is 3. The molecular weight excluding hydrogens is 379 g/mol. The van der Waals surface area contributed by atoms with Crippen molar-refractivity contribution < 1.29 is 9.18 Å². The van der Waals surface area contributed by atoms with Crippen molar-refractivity contribution in [3.63, 3.8) is 0 Å². The summed E-state index contributed by atoms with van der Waals surface area (Å²) in [5.74, 6) is 1.11. The zero-order valence-electron chi connectivity index (χ0n) is 17.4. The number of aryl methyl sites for hydroxylation is 1. The molecule has 1 amide bonds. The minimum Gasteiger partial charge on any atom is -0.349 e. The van der Waals surface area contributed by atoms with Gasteiger partial charge in [-0.1, -0.05) is 19.1 Å². The lowest BCUT2D eigenvalue weighted by Gasteiger charge is -2.34. The quantitative estimate of drug-likeness (QED) is 0.651. The number of para-hydroxylation sites is 1. The van der Waals surface area contributed by atoms with Crippen molar-refractivity contribution in [2.75, 3.05) is 0 Å². The van der Waals surface area contributed by atoms with E-state index in [0.29, 0.717) is 28.7 Å². The summed E-state index contributed by atoms with van der Waals surface area (Å²) >= 11 is 0. The van der Waals surface area contributed by atoms with Crippen LogP contribution in [-0.2, 0) is 0 Å². The van der Waals surface area contributed by atoms with Gasteiger partial charge in [0.05, 0.1) is 5.56 Å². The molecule has 4 rings (SSSR count).